The number of rotatable bonds is 3. The van der Waals surface area contributed by atoms with Crippen LogP contribution in [0, 0.1) is 61.6 Å². The molecule has 0 radical (unpaired) electrons. The highest BCUT2D eigenvalue weighted by Gasteiger charge is 2.69. The second-order valence-corrected chi connectivity index (χ2v) is 15.3. The average molecular weight is 535 g/mol. The largest absolute Gasteiger partial charge is 0.395 e. The highest BCUT2D eigenvalue weighted by Crippen LogP contribution is 2.74. The van der Waals surface area contributed by atoms with Crippen LogP contribution in [0.5, 0.6) is 0 Å². The fourth-order valence-corrected chi connectivity index (χ4v) is 10.3. The molecule has 3 fully saturated rings. The summed E-state index contributed by atoms with van der Waals surface area (Å²) in [5.74, 6) is 0.00341. The van der Waals surface area contributed by atoms with E-state index < -0.39 is 16.2 Å². The molecule has 39 heavy (non-hydrogen) atoms. The Hall–Kier alpha value is -2.26. The molecule has 0 bridgehead atoms. The number of carbonyl (C=O) groups is 3. The minimum absolute atomic E-state index is 0.00649. The van der Waals surface area contributed by atoms with Crippen LogP contribution in [0.15, 0.2) is 23.3 Å². The molecule has 0 aromatic heterocycles. The van der Waals surface area contributed by atoms with Gasteiger partial charge in [-0.05, 0) is 79.1 Å². The Bertz CT molecular complexity index is 1240. The van der Waals surface area contributed by atoms with Crippen molar-refractivity contribution in [1.82, 2.24) is 5.32 Å². The third-order valence-corrected chi connectivity index (χ3v) is 13.0. The lowest BCUT2D eigenvalue weighted by Gasteiger charge is -2.69. The predicted molar refractivity (Wildman–Crippen MR) is 149 cm³/mol. The van der Waals surface area contributed by atoms with E-state index in [4.69, 9.17) is 0 Å². The summed E-state index contributed by atoms with van der Waals surface area (Å²) in [6.45, 7) is 15.3. The van der Waals surface area contributed by atoms with Gasteiger partial charge >= 0.3 is 0 Å². The number of nitriles is 1. The molecule has 0 aliphatic heterocycles. The normalized spacial score (nSPS) is 46.4. The zero-order chi connectivity index (χ0) is 28.8. The molecular weight excluding hydrogens is 488 g/mol. The second-order valence-electron chi connectivity index (χ2n) is 15.3. The van der Waals surface area contributed by atoms with Gasteiger partial charge in [-0.15, -0.1) is 0 Å². The topological polar surface area (TPSA) is 107 Å². The van der Waals surface area contributed by atoms with E-state index in [1.165, 1.54) is 0 Å². The van der Waals surface area contributed by atoms with Gasteiger partial charge in [0.15, 0.2) is 11.6 Å². The van der Waals surface area contributed by atoms with Crippen LogP contribution in [0.2, 0.25) is 0 Å². The van der Waals surface area contributed by atoms with Gasteiger partial charge in [0.1, 0.15) is 6.07 Å². The zero-order valence-electron chi connectivity index (χ0n) is 24.9. The Morgan fingerprint density at radius 1 is 1.05 bits per heavy atom. The highest BCUT2D eigenvalue weighted by molar-refractivity contribution is 6.04. The fraction of sp³-hybridized carbons (Fsp3) is 0.758. The van der Waals surface area contributed by atoms with Crippen molar-refractivity contribution in [3.8, 4) is 6.07 Å². The van der Waals surface area contributed by atoms with Gasteiger partial charge in [-0.25, -0.2) is 0 Å². The van der Waals surface area contributed by atoms with Crippen LogP contribution in [-0.4, -0.2) is 35.7 Å². The number of nitrogens with zero attached hydrogens (tertiary/aromatic N) is 1. The molecule has 212 valence electrons. The van der Waals surface area contributed by atoms with Gasteiger partial charge in [0, 0.05) is 28.7 Å². The van der Waals surface area contributed by atoms with E-state index in [0.717, 1.165) is 44.1 Å². The predicted octanol–water partition coefficient (Wildman–Crippen LogP) is 5.31. The van der Waals surface area contributed by atoms with Crippen molar-refractivity contribution in [2.24, 2.45) is 50.2 Å². The van der Waals surface area contributed by atoms with Crippen molar-refractivity contribution in [2.45, 2.75) is 93.4 Å². The van der Waals surface area contributed by atoms with Crippen LogP contribution in [0.3, 0.4) is 0 Å². The molecule has 0 spiro atoms. The number of ketones is 2. The van der Waals surface area contributed by atoms with E-state index in [-0.39, 0.29) is 70.2 Å². The number of nitrogens with one attached hydrogen (secondary N) is 1. The van der Waals surface area contributed by atoms with Crippen molar-refractivity contribution in [1.29, 1.82) is 5.26 Å². The van der Waals surface area contributed by atoms with Gasteiger partial charge in [-0.3, -0.25) is 14.4 Å². The first-order valence-electron chi connectivity index (χ1n) is 14.9. The summed E-state index contributed by atoms with van der Waals surface area (Å²) in [5.41, 5.74) is -0.974. The molecule has 3 saturated carbocycles. The van der Waals surface area contributed by atoms with E-state index in [1.807, 2.05) is 32.9 Å². The van der Waals surface area contributed by atoms with Gasteiger partial charge in [0.2, 0.25) is 5.91 Å². The quantitative estimate of drug-likeness (QED) is 0.510. The molecule has 0 heterocycles. The number of hydrogen-bond donors (Lipinski definition) is 2. The number of Topliss-reactive ketones (excluding diaryl/α,β-unsaturated/α-hetero) is 1. The number of hydrogen-bond acceptors (Lipinski definition) is 5. The van der Waals surface area contributed by atoms with E-state index in [0.29, 0.717) is 6.42 Å². The van der Waals surface area contributed by atoms with Crippen LogP contribution in [0.1, 0.15) is 93.4 Å². The molecule has 6 heteroatoms. The first-order valence-corrected chi connectivity index (χ1v) is 14.9. The summed E-state index contributed by atoms with van der Waals surface area (Å²) in [6, 6.07) is 2.17. The molecule has 1 amide bonds. The molecular formula is C33H46N2O4. The molecule has 0 saturated heterocycles. The lowest BCUT2D eigenvalue weighted by molar-refractivity contribution is -0.172. The monoisotopic (exact) mass is 534 g/mol. The Kier molecular flexibility index (Phi) is 6.25. The van der Waals surface area contributed by atoms with Crippen molar-refractivity contribution >= 4 is 17.5 Å². The number of aliphatic hydroxyl groups excluding tert-OH is 1. The summed E-state index contributed by atoms with van der Waals surface area (Å²) < 4.78 is 0. The Morgan fingerprint density at radius 3 is 2.36 bits per heavy atom. The minimum atomic E-state index is -0.671. The average Bonchev–Trinajstić information content (AvgIpc) is 2.87. The van der Waals surface area contributed by atoms with Crippen LogP contribution in [-0.2, 0) is 14.4 Å². The maximum absolute atomic E-state index is 14.4. The zero-order valence-corrected chi connectivity index (χ0v) is 24.9. The molecule has 0 aromatic carbocycles. The summed E-state index contributed by atoms with van der Waals surface area (Å²) in [6.07, 6.45) is 9.94. The third-order valence-electron chi connectivity index (χ3n) is 13.0. The van der Waals surface area contributed by atoms with Crippen molar-refractivity contribution in [3.05, 3.63) is 23.3 Å². The molecule has 5 aliphatic rings. The maximum atomic E-state index is 14.4. The van der Waals surface area contributed by atoms with Crippen LogP contribution in [0.4, 0.5) is 0 Å². The summed E-state index contributed by atoms with van der Waals surface area (Å²) in [4.78, 5) is 40.9. The minimum Gasteiger partial charge on any atom is -0.395 e. The molecule has 6 nitrogen and oxygen atoms in total. The lowest BCUT2D eigenvalue weighted by Crippen LogP contribution is -2.65. The molecule has 0 aromatic rings. The number of aliphatic hydroxyl groups is 1. The molecule has 8 atom stereocenters. The molecule has 5 rings (SSSR count). The lowest BCUT2D eigenvalue weighted by atomic mass is 9.34. The van der Waals surface area contributed by atoms with Crippen molar-refractivity contribution < 1.29 is 19.5 Å². The fourth-order valence-electron chi connectivity index (χ4n) is 10.3. The van der Waals surface area contributed by atoms with Gasteiger partial charge in [-0.2, -0.15) is 5.26 Å². The summed E-state index contributed by atoms with van der Waals surface area (Å²) >= 11 is 0. The van der Waals surface area contributed by atoms with E-state index in [1.54, 1.807) is 0 Å². The number of carbonyl (C=O) groups excluding carboxylic acids is 3. The van der Waals surface area contributed by atoms with Crippen LogP contribution in [0.25, 0.3) is 0 Å². The van der Waals surface area contributed by atoms with Crippen LogP contribution >= 0.6 is 0 Å². The highest BCUT2D eigenvalue weighted by atomic mass is 16.3. The number of amides is 1. The Labute approximate surface area is 233 Å². The van der Waals surface area contributed by atoms with E-state index in [9.17, 15) is 24.8 Å². The van der Waals surface area contributed by atoms with E-state index >= 15 is 0 Å². The first kappa shape index (κ1) is 28.3. The number of fused-ring (bicyclic) bond motifs is 7. The Morgan fingerprint density at radius 2 is 1.72 bits per heavy atom. The van der Waals surface area contributed by atoms with E-state index in [2.05, 4.69) is 39.1 Å². The summed E-state index contributed by atoms with van der Waals surface area (Å²) in [7, 11) is 0. The smallest absolute Gasteiger partial charge is 0.226 e. The molecule has 0 unspecified atom stereocenters. The van der Waals surface area contributed by atoms with Crippen LogP contribution < -0.4 is 5.32 Å². The molecule has 2 N–H and O–H groups in total. The van der Waals surface area contributed by atoms with Crippen molar-refractivity contribution in [2.75, 3.05) is 13.2 Å². The SMILES string of the molecule is CC1(C)C(=O)C(C#N)=C[C@]2(C)C3=CC(=O)[C@@H]4[C@@H]5C[C@@](C)(C(=O)NCCO)CC[C@]5(C)CC[C@@]4(C)[C@]3(C)CC[C@@H]12. The van der Waals surface area contributed by atoms with Gasteiger partial charge in [0.05, 0.1) is 12.2 Å². The molecule has 5 aliphatic carbocycles. The maximum Gasteiger partial charge on any atom is 0.226 e. The third kappa shape index (κ3) is 3.57. The van der Waals surface area contributed by atoms with Gasteiger partial charge in [-0.1, -0.05) is 60.1 Å². The standard InChI is InChI=1S/C33H46N2O4/c1-28(2)23-8-9-32(6)24(31(23,5)17-20(19-34)26(28)38)16-22(37)25-21-18-30(4,27(39)35-14-15-36)11-10-29(21,3)12-13-33(25,32)7/h16-17,21,23,25,36H,8-15,18H2,1-7H3,(H,35,39)/t21-,23-,25-,29+,30-,31-,32+,33+/m0/s1. The first-order chi connectivity index (χ1) is 18.0. The second kappa shape index (κ2) is 8.62. The Balaban J connectivity index is 1.62. The van der Waals surface area contributed by atoms with Gasteiger partial charge < -0.3 is 10.4 Å². The number of allylic oxidation sites excluding steroid dienone is 4. The van der Waals surface area contributed by atoms with Gasteiger partial charge in [0.25, 0.3) is 0 Å². The van der Waals surface area contributed by atoms with Crippen molar-refractivity contribution in [3.63, 3.8) is 0 Å². The summed E-state index contributed by atoms with van der Waals surface area (Å²) in [5, 5.41) is 22.1.